The monoisotopic (exact) mass is 316 g/mol. The van der Waals surface area contributed by atoms with Gasteiger partial charge in [-0.3, -0.25) is 14.4 Å². The van der Waals surface area contributed by atoms with Gasteiger partial charge in [-0.25, -0.2) is 0 Å². The number of Topliss-reactive ketones (excluding diaryl/α,β-unsaturated/α-hetero) is 1. The highest BCUT2D eigenvalue weighted by Gasteiger charge is 2.87. The number of rotatable bonds is 3. The van der Waals surface area contributed by atoms with Crippen LogP contribution >= 0.6 is 0 Å². The third kappa shape index (κ3) is 1.15. The van der Waals surface area contributed by atoms with E-state index < -0.39 is 17.4 Å². The largest absolute Gasteiger partial charge is 0.468 e. The van der Waals surface area contributed by atoms with Crippen molar-refractivity contribution >= 4 is 17.7 Å². The number of ketones is 1. The molecule has 6 aliphatic carbocycles. The van der Waals surface area contributed by atoms with E-state index in [-0.39, 0.29) is 11.2 Å². The van der Waals surface area contributed by atoms with Crippen LogP contribution < -0.4 is 0 Å². The summed E-state index contributed by atoms with van der Waals surface area (Å²) in [5.74, 6) is 1.83. The van der Waals surface area contributed by atoms with Crippen molar-refractivity contribution in [3.05, 3.63) is 11.1 Å². The maximum absolute atomic E-state index is 12.5. The van der Waals surface area contributed by atoms with E-state index in [0.717, 1.165) is 17.6 Å². The number of hydrogen-bond acceptors (Lipinski definition) is 5. The second kappa shape index (κ2) is 3.70. The molecule has 6 atom stereocenters. The Kier molecular flexibility index (Phi) is 2.22. The Bertz CT molecular complexity index is 703. The van der Waals surface area contributed by atoms with E-state index in [4.69, 9.17) is 9.47 Å². The molecule has 0 aromatic rings. The number of esters is 2. The third-order valence-electron chi connectivity index (χ3n) is 7.68. The molecule has 0 N–H and O–H groups in total. The van der Waals surface area contributed by atoms with Gasteiger partial charge in [-0.2, -0.15) is 0 Å². The van der Waals surface area contributed by atoms with Crippen molar-refractivity contribution in [2.75, 3.05) is 14.2 Å². The van der Waals surface area contributed by atoms with Gasteiger partial charge in [0.15, 0.2) is 11.2 Å². The van der Waals surface area contributed by atoms with Gasteiger partial charge in [0.2, 0.25) is 0 Å². The standard InChI is InChI=1S/C18H20O5/c1-7(19)11-10-5-17(15(20)22-2,16(21)23-3)6-18(10)9-4-8-12(13(9)11)14(8)18/h8-9,12-14H,4-6H2,1-3H3. The van der Waals surface area contributed by atoms with Crippen molar-refractivity contribution in [1.29, 1.82) is 0 Å². The third-order valence-corrected chi connectivity index (χ3v) is 7.68. The smallest absolute Gasteiger partial charge is 0.323 e. The molecular formula is C18H20O5. The Hall–Kier alpha value is -1.65. The van der Waals surface area contributed by atoms with Crippen molar-refractivity contribution in [2.45, 2.75) is 26.2 Å². The highest BCUT2D eigenvalue weighted by atomic mass is 16.5. The molecule has 6 aliphatic rings. The minimum Gasteiger partial charge on any atom is -0.468 e. The first kappa shape index (κ1) is 13.8. The van der Waals surface area contributed by atoms with Crippen molar-refractivity contribution in [2.24, 2.45) is 40.4 Å². The molecule has 5 saturated carbocycles. The average Bonchev–Trinajstić information content (AvgIpc) is 2.90. The second-order valence-electron chi connectivity index (χ2n) is 8.04. The van der Waals surface area contributed by atoms with Crippen LogP contribution in [0.3, 0.4) is 0 Å². The molecule has 0 aromatic carbocycles. The van der Waals surface area contributed by atoms with Crippen LogP contribution in [-0.2, 0) is 23.9 Å². The van der Waals surface area contributed by atoms with Crippen LogP contribution in [0.2, 0.25) is 0 Å². The minimum atomic E-state index is -1.25. The first-order chi connectivity index (χ1) is 10.9. The molecule has 6 rings (SSSR count). The van der Waals surface area contributed by atoms with Crippen molar-refractivity contribution in [3.63, 3.8) is 0 Å². The lowest BCUT2D eigenvalue weighted by Gasteiger charge is -2.30. The van der Waals surface area contributed by atoms with Gasteiger partial charge in [0, 0.05) is 5.41 Å². The van der Waals surface area contributed by atoms with E-state index in [1.807, 2.05) is 0 Å². The SMILES string of the molecule is COC(=O)C1(C(=O)OC)CC2=C(C(C)=O)C3C4C5CC3C2(C1)C54. The zero-order valence-electron chi connectivity index (χ0n) is 13.5. The molecule has 6 unspecified atom stereocenters. The van der Waals surface area contributed by atoms with Crippen LogP contribution in [0.4, 0.5) is 0 Å². The van der Waals surface area contributed by atoms with Crippen LogP contribution in [0.15, 0.2) is 11.1 Å². The van der Waals surface area contributed by atoms with Crippen LogP contribution in [0.25, 0.3) is 0 Å². The average molecular weight is 316 g/mol. The van der Waals surface area contributed by atoms with E-state index in [0.29, 0.717) is 42.4 Å². The fraction of sp³-hybridized carbons (Fsp3) is 0.722. The summed E-state index contributed by atoms with van der Waals surface area (Å²) in [5.41, 5.74) is 0.668. The number of allylic oxidation sites excluding steroid dienone is 2. The fourth-order valence-corrected chi connectivity index (χ4v) is 7.36. The van der Waals surface area contributed by atoms with Gasteiger partial charge in [-0.05, 0) is 61.3 Å². The van der Waals surface area contributed by atoms with E-state index in [1.165, 1.54) is 14.2 Å². The quantitative estimate of drug-likeness (QED) is 0.583. The number of carbonyl (C=O) groups excluding carboxylic acids is 3. The molecule has 122 valence electrons. The Morgan fingerprint density at radius 2 is 1.78 bits per heavy atom. The molecule has 0 amide bonds. The Labute approximate surface area is 134 Å². The maximum atomic E-state index is 12.5. The molecule has 6 bridgehead atoms. The van der Waals surface area contributed by atoms with Crippen LogP contribution in [0, 0.1) is 40.4 Å². The number of ether oxygens (including phenoxy) is 2. The Morgan fingerprint density at radius 1 is 1.13 bits per heavy atom. The number of carbonyl (C=O) groups is 3. The minimum absolute atomic E-state index is 0.108. The predicted octanol–water partition coefficient (Wildman–Crippen LogP) is 1.51. The van der Waals surface area contributed by atoms with Gasteiger partial charge < -0.3 is 9.47 Å². The number of hydrogen-bond donors (Lipinski definition) is 0. The van der Waals surface area contributed by atoms with Crippen molar-refractivity contribution < 1.29 is 23.9 Å². The van der Waals surface area contributed by atoms with Gasteiger partial charge in [-0.15, -0.1) is 0 Å². The fourth-order valence-electron chi connectivity index (χ4n) is 7.36. The molecule has 5 nitrogen and oxygen atoms in total. The molecule has 0 radical (unpaired) electrons. The topological polar surface area (TPSA) is 69.7 Å². The Balaban J connectivity index is 1.70. The van der Waals surface area contributed by atoms with Crippen molar-refractivity contribution in [3.8, 4) is 0 Å². The summed E-state index contributed by atoms with van der Waals surface area (Å²) in [6.07, 6.45) is 1.94. The van der Waals surface area contributed by atoms with Crippen LogP contribution in [-0.4, -0.2) is 31.9 Å². The van der Waals surface area contributed by atoms with Gasteiger partial charge >= 0.3 is 11.9 Å². The molecule has 1 spiro atoms. The van der Waals surface area contributed by atoms with E-state index in [2.05, 4.69) is 0 Å². The summed E-state index contributed by atoms with van der Waals surface area (Å²) in [6, 6.07) is 0. The molecule has 5 heteroatoms. The summed E-state index contributed by atoms with van der Waals surface area (Å²) in [5, 5.41) is 0. The lowest BCUT2D eigenvalue weighted by Crippen LogP contribution is -2.41. The molecule has 0 heterocycles. The maximum Gasteiger partial charge on any atom is 0.323 e. The molecule has 0 aromatic heterocycles. The second-order valence-corrected chi connectivity index (χ2v) is 8.04. The highest BCUT2D eigenvalue weighted by Crippen LogP contribution is 2.91. The van der Waals surface area contributed by atoms with Crippen LogP contribution in [0.1, 0.15) is 26.2 Å². The summed E-state index contributed by atoms with van der Waals surface area (Å²) >= 11 is 0. The predicted molar refractivity (Wildman–Crippen MR) is 77.9 cm³/mol. The molecular weight excluding hydrogens is 296 g/mol. The van der Waals surface area contributed by atoms with Gasteiger partial charge in [0.05, 0.1) is 14.2 Å². The highest BCUT2D eigenvalue weighted by molar-refractivity contribution is 6.03. The normalized spacial score (nSPS) is 46.0. The van der Waals surface area contributed by atoms with E-state index in [1.54, 1.807) is 6.92 Å². The summed E-state index contributed by atoms with van der Waals surface area (Å²) in [7, 11) is 2.63. The van der Waals surface area contributed by atoms with E-state index in [9.17, 15) is 14.4 Å². The van der Waals surface area contributed by atoms with Crippen molar-refractivity contribution in [1.82, 2.24) is 0 Å². The molecule has 23 heavy (non-hydrogen) atoms. The zero-order valence-corrected chi connectivity index (χ0v) is 13.5. The summed E-state index contributed by atoms with van der Waals surface area (Å²) in [4.78, 5) is 37.4. The molecule has 0 saturated heterocycles. The summed E-state index contributed by atoms with van der Waals surface area (Å²) < 4.78 is 9.95. The van der Waals surface area contributed by atoms with Gasteiger partial charge in [0.25, 0.3) is 0 Å². The zero-order chi connectivity index (χ0) is 16.3. The first-order valence-corrected chi connectivity index (χ1v) is 8.35. The number of methoxy groups -OCH3 is 2. The summed E-state index contributed by atoms with van der Waals surface area (Å²) in [6.45, 7) is 1.63. The van der Waals surface area contributed by atoms with Crippen LogP contribution in [0.5, 0.6) is 0 Å². The first-order valence-electron chi connectivity index (χ1n) is 8.35. The van der Waals surface area contributed by atoms with Gasteiger partial charge in [0.1, 0.15) is 0 Å². The van der Waals surface area contributed by atoms with E-state index >= 15 is 0 Å². The lowest BCUT2D eigenvalue weighted by atomic mass is 9.73. The Morgan fingerprint density at radius 3 is 2.30 bits per heavy atom. The van der Waals surface area contributed by atoms with Gasteiger partial charge in [-0.1, -0.05) is 5.57 Å². The molecule has 0 aliphatic heterocycles. The lowest BCUT2D eigenvalue weighted by molar-refractivity contribution is -0.169. The molecule has 5 fully saturated rings.